The van der Waals surface area contributed by atoms with Crippen molar-refractivity contribution >= 4 is 16.8 Å². The third-order valence-electron chi connectivity index (χ3n) is 5.68. The highest BCUT2D eigenvalue weighted by molar-refractivity contribution is 5.83. The number of halogens is 4. The normalized spacial score (nSPS) is 18.5. The Morgan fingerprint density at radius 1 is 1.21 bits per heavy atom. The van der Waals surface area contributed by atoms with Gasteiger partial charge in [0, 0.05) is 30.5 Å². The van der Waals surface area contributed by atoms with E-state index in [-0.39, 0.29) is 11.8 Å². The number of ether oxygens (including phenoxy) is 2. The number of hydrogen-bond donors (Lipinski definition) is 1. The van der Waals surface area contributed by atoms with Gasteiger partial charge >= 0.3 is 5.92 Å². The van der Waals surface area contributed by atoms with Crippen molar-refractivity contribution in [2.24, 2.45) is 0 Å². The van der Waals surface area contributed by atoms with Gasteiger partial charge < -0.3 is 14.8 Å². The predicted octanol–water partition coefficient (Wildman–Crippen LogP) is 5.29. The van der Waals surface area contributed by atoms with E-state index in [0.717, 1.165) is 42.3 Å². The van der Waals surface area contributed by atoms with Crippen molar-refractivity contribution in [2.75, 3.05) is 6.61 Å². The van der Waals surface area contributed by atoms with Crippen molar-refractivity contribution in [1.82, 2.24) is 15.1 Å². The molecule has 10 heteroatoms. The number of carbonyl (C=O) groups is 1. The Balaban J connectivity index is 1.63. The Kier molecular flexibility index (Phi) is 6.79. The summed E-state index contributed by atoms with van der Waals surface area (Å²) in [4.78, 5) is 11.8. The summed E-state index contributed by atoms with van der Waals surface area (Å²) in [6, 6.07) is 6.85. The topological polar surface area (TPSA) is 65.4 Å². The molecule has 3 atom stereocenters. The van der Waals surface area contributed by atoms with Crippen LogP contribution in [0.3, 0.4) is 0 Å². The van der Waals surface area contributed by atoms with Crippen LogP contribution in [0.4, 0.5) is 17.6 Å². The maximum Gasteiger partial charge on any atom is 0.321 e. The maximum atomic E-state index is 13.9. The zero-order valence-electron chi connectivity index (χ0n) is 18.7. The molecule has 0 spiro atoms. The summed E-state index contributed by atoms with van der Waals surface area (Å²) in [6.45, 7) is 2.56. The predicted molar refractivity (Wildman–Crippen MR) is 117 cm³/mol. The van der Waals surface area contributed by atoms with E-state index in [1.165, 1.54) is 6.92 Å². The van der Waals surface area contributed by atoms with Gasteiger partial charge in [0.25, 0.3) is 5.91 Å². The third kappa shape index (κ3) is 5.32. The lowest BCUT2D eigenvalue weighted by atomic mass is 10.0. The number of hydrogen-bond acceptors (Lipinski definition) is 4. The summed E-state index contributed by atoms with van der Waals surface area (Å²) >= 11 is 0. The van der Waals surface area contributed by atoms with E-state index in [0.29, 0.717) is 25.3 Å². The Hall–Kier alpha value is -3.14. The molecule has 2 heterocycles. The molecule has 1 unspecified atom stereocenters. The van der Waals surface area contributed by atoms with Crippen molar-refractivity contribution in [3.05, 3.63) is 59.8 Å². The average molecular weight is 479 g/mol. The molecular formula is C24H25F4N3O3. The molecular weight excluding hydrogens is 454 g/mol. The second kappa shape index (κ2) is 9.61. The van der Waals surface area contributed by atoms with E-state index in [1.807, 2.05) is 0 Å². The molecule has 0 aliphatic carbocycles. The molecule has 4 rings (SSSR count). The van der Waals surface area contributed by atoms with Crippen LogP contribution in [0, 0.1) is 11.6 Å². The molecule has 0 bridgehead atoms. The second-order valence-corrected chi connectivity index (χ2v) is 8.52. The molecule has 3 aromatic rings. The monoisotopic (exact) mass is 479 g/mol. The molecule has 6 nitrogen and oxygen atoms in total. The number of nitrogens with one attached hydrogen (secondary N) is 1. The van der Waals surface area contributed by atoms with Crippen LogP contribution in [0.1, 0.15) is 51.0 Å². The van der Waals surface area contributed by atoms with Crippen molar-refractivity contribution in [1.29, 1.82) is 0 Å². The van der Waals surface area contributed by atoms with E-state index >= 15 is 0 Å². The van der Waals surface area contributed by atoms with Gasteiger partial charge in [-0.05, 0) is 56.5 Å². The average Bonchev–Trinajstić information content (AvgIpc) is 3.20. The first kappa shape index (κ1) is 24.0. The standard InChI is InChI=1S/C24H25F4N3O3/c1-14(30-23(32)24(2,27)28)22(15-9-17(25)12-18(26)10-15)34-19-6-7-20-16(11-19)13-29-31(20)21-5-3-4-8-33-21/h6-7,9-14,21-22H,3-5,8H2,1-2H3,(H,30,32)/t14-,21?,22-/m0/s1. The van der Waals surface area contributed by atoms with Crippen LogP contribution in [0.15, 0.2) is 42.6 Å². The highest BCUT2D eigenvalue weighted by atomic mass is 19.3. The minimum Gasteiger partial charge on any atom is -0.484 e. The summed E-state index contributed by atoms with van der Waals surface area (Å²) in [5.74, 6) is -6.54. The highest BCUT2D eigenvalue weighted by Gasteiger charge is 2.35. The SMILES string of the molecule is C[C@H](NC(=O)C(C)(F)F)[C@H](Oc1ccc2c(cnn2C2CCCCO2)c1)c1cc(F)cc(F)c1. The van der Waals surface area contributed by atoms with Crippen LogP contribution < -0.4 is 10.1 Å². The molecule has 0 saturated carbocycles. The van der Waals surface area contributed by atoms with E-state index < -0.39 is 35.6 Å². The first-order valence-corrected chi connectivity index (χ1v) is 11.0. The number of amides is 1. The van der Waals surface area contributed by atoms with Gasteiger partial charge in [0.1, 0.15) is 23.5 Å². The first-order valence-electron chi connectivity index (χ1n) is 11.0. The summed E-state index contributed by atoms with van der Waals surface area (Å²) < 4.78 is 68.3. The van der Waals surface area contributed by atoms with E-state index in [9.17, 15) is 22.4 Å². The van der Waals surface area contributed by atoms with E-state index in [2.05, 4.69) is 10.4 Å². The zero-order valence-corrected chi connectivity index (χ0v) is 18.7. The molecule has 34 heavy (non-hydrogen) atoms. The Morgan fingerprint density at radius 2 is 1.94 bits per heavy atom. The summed E-state index contributed by atoms with van der Waals surface area (Å²) in [5, 5.41) is 7.33. The number of rotatable bonds is 7. The fraction of sp³-hybridized carbons (Fsp3) is 0.417. The van der Waals surface area contributed by atoms with Gasteiger partial charge in [0.05, 0.1) is 17.8 Å². The van der Waals surface area contributed by atoms with Crippen molar-refractivity contribution in [3.63, 3.8) is 0 Å². The van der Waals surface area contributed by atoms with Gasteiger partial charge in [-0.15, -0.1) is 0 Å². The molecule has 1 aliphatic heterocycles. The summed E-state index contributed by atoms with van der Waals surface area (Å²) in [5.41, 5.74) is 0.871. The fourth-order valence-corrected chi connectivity index (χ4v) is 4.00. The Labute approximate surface area is 193 Å². The molecule has 1 N–H and O–H groups in total. The molecule has 1 amide bonds. The zero-order chi connectivity index (χ0) is 24.5. The number of alkyl halides is 2. The van der Waals surface area contributed by atoms with Crippen molar-refractivity contribution in [2.45, 2.75) is 57.4 Å². The number of nitrogens with zero attached hydrogens (tertiary/aromatic N) is 2. The summed E-state index contributed by atoms with van der Waals surface area (Å²) in [7, 11) is 0. The summed E-state index contributed by atoms with van der Waals surface area (Å²) in [6.07, 6.45) is 3.24. The minimum absolute atomic E-state index is 0.0520. The largest absolute Gasteiger partial charge is 0.484 e. The number of fused-ring (bicyclic) bond motifs is 1. The van der Waals surface area contributed by atoms with Crippen LogP contribution in [0.25, 0.3) is 10.9 Å². The fourth-order valence-electron chi connectivity index (χ4n) is 4.00. The van der Waals surface area contributed by atoms with E-state index in [1.54, 1.807) is 29.1 Å². The molecule has 1 aliphatic rings. The number of aromatic nitrogens is 2. The minimum atomic E-state index is -3.62. The van der Waals surface area contributed by atoms with Crippen LogP contribution in [0.5, 0.6) is 5.75 Å². The van der Waals surface area contributed by atoms with Crippen LogP contribution >= 0.6 is 0 Å². The maximum absolute atomic E-state index is 13.9. The van der Waals surface area contributed by atoms with Gasteiger partial charge in [-0.25, -0.2) is 13.5 Å². The molecule has 1 saturated heterocycles. The Morgan fingerprint density at radius 3 is 2.59 bits per heavy atom. The Bertz CT molecular complexity index is 1150. The van der Waals surface area contributed by atoms with Crippen molar-refractivity contribution in [3.8, 4) is 5.75 Å². The lowest BCUT2D eigenvalue weighted by Gasteiger charge is -2.27. The van der Waals surface area contributed by atoms with Crippen LogP contribution in [-0.4, -0.2) is 34.3 Å². The first-order chi connectivity index (χ1) is 16.1. The molecule has 182 valence electrons. The molecule has 0 radical (unpaired) electrons. The van der Waals surface area contributed by atoms with E-state index in [4.69, 9.17) is 9.47 Å². The van der Waals surface area contributed by atoms with Gasteiger partial charge in [-0.2, -0.15) is 13.9 Å². The van der Waals surface area contributed by atoms with Crippen LogP contribution in [-0.2, 0) is 9.53 Å². The van der Waals surface area contributed by atoms with Gasteiger partial charge in [0.2, 0.25) is 0 Å². The third-order valence-corrected chi connectivity index (χ3v) is 5.68. The van der Waals surface area contributed by atoms with Crippen molar-refractivity contribution < 1.29 is 31.8 Å². The molecule has 1 aromatic heterocycles. The molecule has 1 fully saturated rings. The quantitative estimate of drug-likeness (QED) is 0.468. The second-order valence-electron chi connectivity index (χ2n) is 8.52. The lowest BCUT2D eigenvalue weighted by molar-refractivity contribution is -0.144. The number of carbonyl (C=O) groups excluding carboxylic acids is 1. The van der Waals surface area contributed by atoms with Gasteiger partial charge in [-0.3, -0.25) is 4.79 Å². The van der Waals surface area contributed by atoms with Crippen LogP contribution in [0.2, 0.25) is 0 Å². The van der Waals surface area contributed by atoms with Gasteiger partial charge in [-0.1, -0.05) is 0 Å². The van der Waals surface area contributed by atoms with Gasteiger partial charge in [0.15, 0.2) is 6.23 Å². The number of benzene rings is 2. The smallest absolute Gasteiger partial charge is 0.321 e. The highest BCUT2D eigenvalue weighted by Crippen LogP contribution is 2.31. The lowest BCUT2D eigenvalue weighted by Crippen LogP contribution is -2.46. The molecule has 2 aromatic carbocycles.